The van der Waals surface area contributed by atoms with Crippen LogP contribution in [0.5, 0.6) is 0 Å². The van der Waals surface area contributed by atoms with Crippen molar-refractivity contribution in [1.82, 2.24) is 9.88 Å². The van der Waals surface area contributed by atoms with Crippen LogP contribution in [0, 0.1) is 13.8 Å². The number of imide groups is 2. The van der Waals surface area contributed by atoms with Crippen LogP contribution in [-0.2, 0) is 15.0 Å². The molecule has 4 rings (SSSR count). The Bertz CT molecular complexity index is 1280. The topological polar surface area (TPSA) is 71.4 Å². The Hall–Kier alpha value is -3.93. The normalized spacial score (nSPS) is 15.8. The first kappa shape index (κ1) is 22.3. The van der Waals surface area contributed by atoms with Gasteiger partial charge in [-0.3, -0.25) is 14.9 Å². The molecule has 168 valence electrons. The molecule has 0 saturated carbocycles. The van der Waals surface area contributed by atoms with E-state index in [9.17, 15) is 14.4 Å². The van der Waals surface area contributed by atoms with Crippen LogP contribution in [-0.4, -0.2) is 22.4 Å². The largest absolute Gasteiger partial charge is 0.335 e. The Morgan fingerprint density at radius 2 is 1.48 bits per heavy atom. The highest BCUT2D eigenvalue weighted by Crippen LogP contribution is 2.28. The third-order valence-electron chi connectivity index (χ3n) is 5.88. The average molecular weight is 442 g/mol. The SMILES string of the molecule is Cc1cc(/C=C2\C(=O)NC(=O)N(c3ccccc3)C2=O)c(C)n1-c1ccc(C(C)(C)C)cc1. The molecule has 2 aromatic carbocycles. The molecule has 1 N–H and O–H groups in total. The van der Waals surface area contributed by atoms with E-state index in [1.807, 2.05) is 19.9 Å². The highest BCUT2D eigenvalue weighted by Gasteiger charge is 2.37. The molecule has 0 unspecified atom stereocenters. The minimum absolute atomic E-state index is 0.0612. The molecule has 1 fully saturated rings. The number of carbonyl (C=O) groups excluding carboxylic acids is 3. The van der Waals surface area contributed by atoms with Crippen LogP contribution in [0.2, 0.25) is 0 Å². The fourth-order valence-electron chi connectivity index (χ4n) is 4.07. The molecule has 0 bridgehead atoms. The summed E-state index contributed by atoms with van der Waals surface area (Å²) in [6, 6.07) is 18.1. The van der Waals surface area contributed by atoms with Crippen molar-refractivity contribution in [2.75, 3.05) is 4.90 Å². The number of anilines is 1. The fourth-order valence-corrected chi connectivity index (χ4v) is 4.07. The summed E-state index contributed by atoms with van der Waals surface area (Å²) in [5, 5.41) is 2.27. The Kier molecular flexibility index (Phi) is 5.54. The van der Waals surface area contributed by atoms with Gasteiger partial charge in [0.1, 0.15) is 5.57 Å². The first-order valence-electron chi connectivity index (χ1n) is 10.8. The molecule has 1 aliphatic heterocycles. The highest BCUT2D eigenvalue weighted by atomic mass is 16.2. The summed E-state index contributed by atoms with van der Waals surface area (Å²) in [6.07, 6.45) is 1.56. The predicted octanol–water partition coefficient (Wildman–Crippen LogP) is 5.06. The van der Waals surface area contributed by atoms with Crippen LogP contribution in [0.4, 0.5) is 10.5 Å². The standard InChI is InChI=1S/C27H27N3O3/c1-17-15-19(18(2)29(17)22-13-11-20(12-14-22)27(3,4)5)16-23-24(31)28-26(33)30(25(23)32)21-9-7-6-8-10-21/h6-16H,1-5H3,(H,28,31,33)/b23-16+. The van der Waals surface area contributed by atoms with Crippen molar-refractivity contribution in [3.8, 4) is 5.69 Å². The number of urea groups is 1. The molecule has 0 atom stereocenters. The minimum Gasteiger partial charge on any atom is -0.318 e. The fraction of sp³-hybridized carbons (Fsp3) is 0.222. The Balaban J connectivity index is 1.73. The maximum absolute atomic E-state index is 13.1. The van der Waals surface area contributed by atoms with Gasteiger partial charge in [0.05, 0.1) is 5.69 Å². The van der Waals surface area contributed by atoms with E-state index in [2.05, 4.69) is 54.9 Å². The Morgan fingerprint density at radius 1 is 0.848 bits per heavy atom. The van der Waals surface area contributed by atoms with Gasteiger partial charge in [-0.25, -0.2) is 9.69 Å². The molecule has 0 aliphatic carbocycles. The number of nitrogens with zero attached hydrogens (tertiary/aromatic N) is 2. The van der Waals surface area contributed by atoms with Crippen LogP contribution in [0.15, 0.2) is 66.2 Å². The third kappa shape index (κ3) is 4.12. The summed E-state index contributed by atoms with van der Waals surface area (Å²) in [6.45, 7) is 10.5. The van der Waals surface area contributed by atoms with Crippen molar-refractivity contribution in [2.45, 2.75) is 40.0 Å². The third-order valence-corrected chi connectivity index (χ3v) is 5.88. The maximum Gasteiger partial charge on any atom is 0.335 e. The van der Waals surface area contributed by atoms with Gasteiger partial charge in [0, 0.05) is 17.1 Å². The summed E-state index contributed by atoms with van der Waals surface area (Å²) >= 11 is 0. The molecule has 3 aromatic rings. The summed E-state index contributed by atoms with van der Waals surface area (Å²) in [7, 11) is 0. The number of aryl methyl sites for hydroxylation is 1. The van der Waals surface area contributed by atoms with Crippen molar-refractivity contribution >= 4 is 29.6 Å². The van der Waals surface area contributed by atoms with Gasteiger partial charge in [0.15, 0.2) is 0 Å². The van der Waals surface area contributed by atoms with E-state index < -0.39 is 17.8 Å². The van der Waals surface area contributed by atoms with Gasteiger partial charge in [-0.05, 0) is 66.8 Å². The summed E-state index contributed by atoms with van der Waals surface area (Å²) in [5.74, 6) is -1.34. The van der Waals surface area contributed by atoms with E-state index in [1.165, 1.54) is 5.56 Å². The molecular weight excluding hydrogens is 414 g/mol. The van der Waals surface area contributed by atoms with E-state index in [4.69, 9.17) is 0 Å². The second kappa shape index (κ2) is 8.20. The van der Waals surface area contributed by atoms with Gasteiger partial charge in [-0.1, -0.05) is 51.1 Å². The van der Waals surface area contributed by atoms with E-state index >= 15 is 0 Å². The molecule has 0 spiro atoms. The van der Waals surface area contributed by atoms with E-state index in [-0.39, 0.29) is 11.0 Å². The first-order valence-corrected chi connectivity index (χ1v) is 10.8. The number of para-hydroxylation sites is 1. The van der Waals surface area contributed by atoms with Crippen LogP contribution < -0.4 is 10.2 Å². The zero-order valence-electron chi connectivity index (χ0n) is 19.5. The lowest BCUT2D eigenvalue weighted by Gasteiger charge is -2.26. The van der Waals surface area contributed by atoms with E-state index in [0.717, 1.165) is 27.5 Å². The summed E-state index contributed by atoms with van der Waals surface area (Å²) < 4.78 is 2.09. The van der Waals surface area contributed by atoms with Crippen LogP contribution in [0.1, 0.15) is 43.3 Å². The number of aromatic nitrogens is 1. The lowest BCUT2D eigenvalue weighted by molar-refractivity contribution is -0.122. The van der Waals surface area contributed by atoms with Crippen molar-refractivity contribution < 1.29 is 14.4 Å². The van der Waals surface area contributed by atoms with Crippen molar-refractivity contribution in [3.05, 3.63) is 88.8 Å². The van der Waals surface area contributed by atoms with E-state index in [0.29, 0.717) is 5.69 Å². The maximum atomic E-state index is 13.1. The lowest BCUT2D eigenvalue weighted by Crippen LogP contribution is -2.54. The molecule has 4 amide bonds. The molecule has 6 nitrogen and oxygen atoms in total. The molecule has 1 aliphatic rings. The van der Waals surface area contributed by atoms with Gasteiger partial charge in [0.2, 0.25) is 0 Å². The summed E-state index contributed by atoms with van der Waals surface area (Å²) in [5.41, 5.74) is 5.24. The monoisotopic (exact) mass is 441 g/mol. The number of carbonyl (C=O) groups is 3. The number of hydrogen-bond donors (Lipinski definition) is 1. The molecule has 1 aromatic heterocycles. The van der Waals surface area contributed by atoms with Crippen molar-refractivity contribution in [3.63, 3.8) is 0 Å². The zero-order valence-corrected chi connectivity index (χ0v) is 19.5. The van der Waals surface area contributed by atoms with Gasteiger partial charge < -0.3 is 4.57 Å². The number of nitrogens with one attached hydrogen (secondary N) is 1. The molecule has 6 heteroatoms. The quantitative estimate of drug-likeness (QED) is 0.456. The highest BCUT2D eigenvalue weighted by molar-refractivity contribution is 6.39. The number of rotatable bonds is 3. The molecule has 1 saturated heterocycles. The second-order valence-electron chi connectivity index (χ2n) is 9.25. The first-order chi connectivity index (χ1) is 15.6. The van der Waals surface area contributed by atoms with Crippen LogP contribution >= 0.6 is 0 Å². The van der Waals surface area contributed by atoms with Crippen LogP contribution in [0.25, 0.3) is 11.8 Å². The number of benzene rings is 2. The second-order valence-corrected chi connectivity index (χ2v) is 9.25. The van der Waals surface area contributed by atoms with Gasteiger partial charge >= 0.3 is 6.03 Å². The number of hydrogen-bond acceptors (Lipinski definition) is 3. The van der Waals surface area contributed by atoms with Gasteiger partial charge in [-0.15, -0.1) is 0 Å². The van der Waals surface area contributed by atoms with Crippen molar-refractivity contribution in [1.29, 1.82) is 0 Å². The predicted molar refractivity (Wildman–Crippen MR) is 129 cm³/mol. The Morgan fingerprint density at radius 3 is 2.09 bits per heavy atom. The number of amides is 4. The Labute approximate surface area is 193 Å². The molecule has 2 heterocycles. The number of barbiturate groups is 1. The molecule has 33 heavy (non-hydrogen) atoms. The zero-order chi connectivity index (χ0) is 23.9. The van der Waals surface area contributed by atoms with Crippen molar-refractivity contribution in [2.24, 2.45) is 0 Å². The van der Waals surface area contributed by atoms with Gasteiger partial charge in [-0.2, -0.15) is 0 Å². The lowest BCUT2D eigenvalue weighted by atomic mass is 9.87. The minimum atomic E-state index is -0.752. The molecular formula is C27H27N3O3. The smallest absolute Gasteiger partial charge is 0.318 e. The van der Waals surface area contributed by atoms with Crippen LogP contribution in [0.3, 0.4) is 0 Å². The average Bonchev–Trinajstić information content (AvgIpc) is 3.04. The molecule has 0 radical (unpaired) electrons. The van der Waals surface area contributed by atoms with Gasteiger partial charge in [0.25, 0.3) is 11.8 Å². The van der Waals surface area contributed by atoms with E-state index in [1.54, 1.807) is 36.4 Å². The summed E-state index contributed by atoms with van der Waals surface area (Å²) in [4.78, 5) is 39.0.